The van der Waals surface area contributed by atoms with Gasteiger partial charge in [-0.3, -0.25) is 0 Å². The average Bonchev–Trinajstić information content (AvgIpc) is 2.87. The zero-order valence-corrected chi connectivity index (χ0v) is 11.1. The van der Waals surface area contributed by atoms with E-state index in [4.69, 9.17) is 11.6 Å². The average molecular weight is 256 g/mol. The van der Waals surface area contributed by atoms with Gasteiger partial charge in [-0.25, -0.2) is 9.97 Å². The number of hydrogen-bond donors (Lipinski definition) is 0. The van der Waals surface area contributed by atoms with Crippen LogP contribution in [-0.2, 0) is 5.88 Å². The molecule has 2 aromatic rings. The summed E-state index contributed by atoms with van der Waals surface area (Å²) in [6.07, 6.45) is 1.87. The Hall–Kier alpha value is -0.870. The Morgan fingerprint density at radius 3 is 2.75 bits per heavy atom. The second-order valence-corrected chi connectivity index (χ2v) is 4.97. The lowest BCUT2D eigenvalue weighted by atomic mass is 10.3. The number of alkyl halides is 1. The van der Waals surface area contributed by atoms with Crippen molar-refractivity contribution in [2.75, 3.05) is 0 Å². The first-order chi connectivity index (χ1) is 7.63. The molecule has 0 aliphatic rings. The van der Waals surface area contributed by atoms with E-state index in [0.29, 0.717) is 5.88 Å². The van der Waals surface area contributed by atoms with E-state index in [1.165, 1.54) is 5.69 Å². The van der Waals surface area contributed by atoms with E-state index in [0.717, 1.165) is 16.4 Å². The summed E-state index contributed by atoms with van der Waals surface area (Å²) in [6, 6.07) is 0.225. The smallest absolute Gasteiger partial charge is 0.116 e. The Morgan fingerprint density at radius 2 is 2.25 bits per heavy atom. The van der Waals surface area contributed by atoms with Crippen LogP contribution < -0.4 is 0 Å². The fourth-order valence-electron chi connectivity index (χ4n) is 1.60. The van der Waals surface area contributed by atoms with Crippen LogP contribution in [0, 0.1) is 13.8 Å². The van der Waals surface area contributed by atoms with E-state index in [2.05, 4.69) is 28.4 Å². The number of halogens is 1. The van der Waals surface area contributed by atoms with Gasteiger partial charge in [0.1, 0.15) is 5.01 Å². The van der Waals surface area contributed by atoms with Crippen molar-refractivity contribution in [3.05, 3.63) is 33.8 Å². The highest BCUT2D eigenvalue weighted by atomic mass is 35.5. The summed E-state index contributed by atoms with van der Waals surface area (Å²) >= 11 is 7.40. The van der Waals surface area contributed by atoms with Crippen LogP contribution >= 0.6 is 22.9 Å². The minimum Gasteiger partial charge on any atom is -0.325 e. The van der Waals surface area contributed by atoms with Gasteiger partial charge in [-0.15, -0.1) is 22.9 Å². The fraction of sp³-hybridized carbons (Fsp3) is 0.455. The zero-order chi connectivity index (χ0) is 11.7. The molecule has 1 unspecified atom stereocenters. The molecule has 0 saturated heterocycles. The molecule has 16 heavy (non-hydrogen) atoms. The second kappa shape index (κ2) is 4.55. The number of aromatic nitrogens is 3. The topological polar surface area (TPSA) is 30.7 Å². The highest BCUT2D eigenvalue weighted by Crippen LogP contribution is 2.24. The summed E-state index contributed by atoms with van der Waals surface area (Å²) in [4.78, 5) is 8.80. The Kier molecular flexibility index (Phi) is 3.30. The Bertz CT molecular complexity index is 489. The summed E-state index contributed by atoms with van der Waals surface area (Å²) in [7, 11) is 0. The van der Waals surface area contributed by atoms with Crippen molar-refractivity contribution < 1.29 is 0 Å². The first-order valence-electron chi connectivity index (χ1n) is 5.13. The van der Waals surface area contributed by atoms with Gasteiger partial charge in [0.15, 0.2) is 0 Å². The highest BCUT2D eigenvalue weighted by molar-refractivity contribution is 7.09. The first kappa shape index (κ1) is 11.6. The lowest BCUT2D eigenvalue weighted by Gasteiger charge is -2.12. The quantitative estimate of drug-likeness (QED) is 0.788. The van der Waals surface area contributed by atoms with Crippen LogP contribution in [0.2, 0.25) is 0 Å². The predicted octanol–water partition coefficient (Wildman–Crippen LogP) is 3.30. The summed E-state index contributed by atoms with van der Waals surface area (Å²) in [5.41, 5.74) is 3.21. The van der Waals surface area contributed by atoms with E-state index in [-0.39, 0.29) is 6.04 Å². The van der Waals surface area contributed by atoms with Crippen LogP contribution in [0.5, 0.6) is 0 Å². The van der Waals surface area contributed by atoms with Crippen molar-refractivity contribution in [1.29, 1.82) is 0 Å². The van der Waals surface area contributed by atoms with Crippen molar-refractivity contribution in [2.45, 2.75) is 32.7 Å². The zero-order valence-electron chi connectivity index (χ0n) is 9.57. The number of hydrogen-bond acceptors (Lipinski definition) is 3. The molecule has 0 aliphatic carbocycles. The molecule has 0 fully saturated rings. The molecule has 1 atom stereocenters. The van der Waals surface area contributed by atoms with Crippen LogP contribution in [0.15, 0.2) is 11.7 Å². The molecule has 0 bridgehead atoms. The van der Waals surface area contributed by atoms with Crippen molar-refractivity contribution >= 4 is 22.9 Å². The molecule has 2 rings (SSSR count). The third-order valence-corrected chi connectivity index (χ3v) is 4.11. The Balaban J connectivity index is 2.31. The monoisotopic (exact) mass is 255 g/mol. The SMILES string of the molecule is Cc1ncn(C(C)c2nc(CCl)cs2)c1C. The Labute approximate surface area is 104 Å². The Morgan fingerprint density at radius 1 is 1.50 bits per heavy atom. The van der Waals surface area contributed by atoms with E-state index in [9.17, 15) is 0 Å². The molecule has 3 nitrogen and oxygen atoms in total. The lowest BCUT2D eigenvalue weighted by Crippen LogP contribution is -2.07. The molecule has 0 N–H and O–H groups in total. The molecule has 5 heteroatoms. The van der Waals surface area contributed by atoms with Crippen LogP contribution in [-0.4, -0.2) is 14.5 Å². The van der Waals surface area contributed by atoms with Crippen molar-refractivity contribution in [2.24, 2.45) is 0 Å². The number of imidazole rings is 1. The van der Waals surface area contributed by atoms with Crippen molar-refractivity contribution in [3.8, 4) is 0 Å². The standard InChI is InChI=1S/C11H14ClN3S/c1-7-8(2)15(6-13-7)9(3)11-14-10(4-12)5-16-11/h5-6,9H,4H2,1-3H3. The van der Waals surface area contributed by atoms with Gasteiger partial charge in [0.05, 0.1) is 29.6 Å². The van der Waals surface area contributed by atoms with Crippen molar-refractivity contribution in [1.82, 2.24) is 14.5 Å². The molecular formula is C11H14ClN3S. The van der Waals surface area contributed by atoms with Crippen LogP contribution in [0.4, 0.5) is 0 Å². The highest BCUT2D eigenvalue weighted by Gasteiger charge is 2.14. The van der Waals surface area contributed by atoms with Crippen LogP contribution in [0.1, 0.15) is 35.1 Å². The molecule has 0 amide bonds. The normalized spacial score (nSPS) is 13.0. The second-order valence-electron chi connectivity index (χ2n) is 3.81. The largest absolute Gasteiger partial charge is 0.325 e. The van der Waals surface area contributed by atoms with Gasteiger partial charge in [-0.1, -0.05) is 0 Å². The summed E-state index contributed by atoms with van der Waals surface area (Å²) < 4.78 is 2.15. The van der Waals surface area contributed by atoms with Crippen molar-refractivity contribution in [3.63, 3.8) is 0 Å². The van der Waals surface area contributed by atoms with Gasteiger partial charge in [0.2, 0.25) is 0 Å². The van der Waals surface area contributed by atoms with E-state index in [1.54, 1.807) is 11.3 Å². The third kappa shape index (κ3) is 1.99. The van der Waals surface area contributed by atoms with E-state index < -0.39 is 0 Å². The van der Waals surface area contributed by atoms with Gasteiger partial charge in [0.25, 0.3) is 0 Å². The number of aryl methyl sites for hydroxylation is 1. The molecule has 2 aromatic heterocycles. The maximum absolute atomic E-state index is 5.75. The lowest BCUT2D eigenvalue weighted by molar-refractivity contribution is 0.616. The van der Waals surface area contributed by atoms with Gasteiger partial charge in [-0.05, 0) is 20.8 Å². The molecule has 0 aromatic carbocycles. The fourth-order valence-corrected chi connectivity index (χ4v) is 2.70. The van der Waals surface area contributed by atoms with E-state index >= 15 is 0 Å². The maximum atomic E-state index is 5.75. The summed E-state index contributed by atoms with van der Waals surface area (Å²) in [5, 5.41) is 3.09. The number of rotatable bonds is 3. The van der Waals surface area contributed by atoms with Gasteiger partial charge >= 0.3 is 0 Å². The molecule has 0 saturated carbocycles. The number of nitrogens with zero attached hydrogens (tertiary/aromatic N) is 3. The molecular weight excluding hydrogens is 242 g/mol. The van der Waals surface area contributed by atoms with Crippen LogP contribution in [0.25, 0.3) is 0 Å². The maximum Gasteiger partial charge on any atom is 0.116 e. The summed E-state index contributed by atoms with van der Waals surface area (Å²) in [6.45, 7) is 6.23. The molecule has 0 spiro atoms. The van der Waals surface area contributed by atoms with E-state index in [1.807, 2.05) is 18.6 Å². The van der Waals surface area contributed by atoms with Gasteiger partial charge in [0, 0.05) is 11.1 Å². The van der Waals surface area contributed by atoms with Gasteiger partial charge < -0.3 is 4.57 Å². The molecule has 0 radical (unpaired) electrons. The van der Waals surface area contributed by atoms with Gasteiger partial charge in [-0.2, -0.15) is 0 Å². The molecule has 2 heterocycles. The minimum absolute atomic E-state index is 0.225. The third-order valence-electron chi connectivity index (χ3n) is 2.77. The number of thiazole rings is 1. The molecule has 86 valence electrons. The minimum atomic E-state index is 0.225. The first-order valence-corrected chi connectivity index (χ1v) is 6.55. The molecule has 0 aliphatic heterocycles. The van der Waals surface area contributed by atoms with Crippen LogP contribution in [0.3, 0.4) is 0 Å². The summed E-state index contributed by atoms with van der Waals surface area (Å²) in [5.74, 6) is 0.477. The predicted molar refractivity (Wildman–Crippen MR) is 67.2 cm³/mol.